The minimum absolute atomic E-state index is 0.00778. The molecule has 0 rings (SSSR count). The lowest BCUT2D eigenvalue weighted by atomic mass is 10.0. The first kappa shape index (κ1) is 81.1. The van der Waals surface area contributed by atoms with Gasteiger partial charge in [0.1, 0.15) is 0 Å². The molecule has 1 amide bonds. The maximum absolute atomic E-state index is 12.5. The Morgan fingerprint density at radius 1 is 0.337 bits per heavy atom. The number of amides is 1. The van der Waals surface area contributed by atoms with E-state index >= 15 is 0 Å². The van der Waals surface area contributed by atoms with E-state index < -0.39 is 12.1 Å². The quantitative estimate of drug-likeness (QED) is 0.0320. The Kier molecular flexibility index (Phi) is 70.9. The van der Waals surface area contributed by atoms with Crippen molar-refractivity contribution in [1.29, 1.82) is 0 Å². The van der Waals surface area contributed by atoms with Crippen LogP contribution in [0.4, 0.5) is 0 Å². The predicted molar refractivity (Wildman–Crippen MR) is 366 cm³/mol. The van der Waals surface area contributed by atoms with Crippen molar-refractivity contribution in [3.8, 4) is 0 Å². The standard InChI is InChI=1S/C77H147NO5/c1-3-5-7-9-11-13-15-17-42-47-51-55-59-63-67-71-77(82)83-72-68-64-60-56-52-48-44-41-39-37-35-33-31-29-27-25-23-21-19-20-22-24-26-28-30-32-34-36-38-40-43-46-50-54-58-62-66-70-76(81)78-74(73-79)75(80)69-65-61-57-53-49-45-18-16-14-12-10-8-6-4-2/h11,13,17,19,21,42,74-75,79-80H,3-10,12,14-16,18,20,22-41,43-73H2,1-2H3,(H,78,81)/b13-11-,21-19-,42-17-. The van der Waals surface area contributed by atoms with Crippen LogP contribution in [0.3, 0.4) is 0 Å². The van der Waals surface area contributed by atoms with Gasteiger partial charge < -0.3 is 20.3 Å². The molecular formula is C77H147NO5. The number of rotatable bonds is 71. The van der Waals surface area contributed by atoms with E-state index in [4.69, 9.17) is 4.74 Å². The molecule has 0 aliphatic heterocycles. The fraction of sp³-hybridized carbons (Fsp3) is 0.896. The summed E-state index contributed by atoms with van der Waals surface area (Å²) in [6.07, 6.45) is 93.7. The molecule has 0 radical (unpaired) electrons. The van der Waals surface area contributed by atoms with Crippen LogP contribution in [0.15, 0.2) is 36.5 Å². The smallest absolute Gasteiger partial charge is 0.305 e. The zero-order chi connectivity index (χ0) is 59.9. The summed E-state index contributed by atoms with van der Waals surface area (Å²) in [5.41, 5.74) is 0. The first-order chi connectivity index (χ1) is 41.0. The number of carbonyl (C=O) groups excluding carboxylic acids is 2. The van der Waals surface area contributed by atoms with Gasteiger partial charge in [0.05, 0.1) is 25.4 Å². The maximum Gasteiger partial charge on any atom is 0.305 e. The number of ether oxygens (including phenoxy) is 1. The van der Waals surface area contributed by atoms with Crippen molar-refractivity contribution in [2.75, 3.05) is 13.2 Å². The van der Waals surface area contributed by atoms with E-state index in [1.807, 2.05) is 0 Å². The van der Waals surface area contributed by atoms with Crippen LogP contribution in [0.25, 0.3) is 0 Å². The summed E-state index contributed by atoms with van der Waals surface area (Å²) < 4.78 is 5.49. The Bertz CT molecular complexity index is 1340. The molecule has 0 aromatic heterocycles. The van der Waals surface area contributed by atoms with Crippen molar-refractivity contribution < 1.29 is 24.5 Å². The van der Waals surface area contributed by atoms with E-state index in [9.17, 15) is 19.8 Å². The largest absolute Gasteiger partial charge is 0.466 e. The van der Waals surface area contributed by atoms with Gasteiger partial charge in [-0.25, -0.2) is 0 Å². The van der Waals surface area contributed by atoms with Crippen LogP contribution < -0.4 is 5.32 Å². The molecule has 0 bridgehead atoms. The van der Waals surface area contributed by atoms with Crippen molar-refractivity contribution in [2.45, 2.75) is 431 Å². The third kappa shape index (κ3) is 69.1. The van der Waals surface area contributed by atoms with E-state index in [-0.39, 0.29) is 18.5 Å². The van der Waals surface area contributed by atoms with Gasteiger partial charge in [-0.1, -0.05) is 359 Å². The monoisotopic (exact) mass is 1170 g/mol. The molecule has 2 unspecified atom stereocenters. The Morgan fingerprint density at radius 3 is 0.952 bits per heavy atom. The molecule has 0 aromatic carbocycles. The fourth-order valence-corrected chi connectivity index (χ4v) is 11.9. The molecule has 0 aromatic rings. The third-order valence-electron chi connectivity index (χ3n) is 17.7. The first-order valence-corrected chi connectivity index (χ1v) is 37.7. The molecule has 0 spiro atoms. The number of aliphatic hydroxyl groups excluding tert-OH is 2. The fourth-order valence-electron chi connectivity index (χ4n) is 11.9. The van der Waals surface area contributed by atoms with E-state index in [1.165, 1.54) is 334 Å². The zero-order valence-corrected chi connectivity index (χ0v) is 56.2. The second kappa shape index (κ2) is 72.6. The van der Waals surface area contributed by atoms with Gasteiger partial charge >= 0.3 is 5.97 Å². The number of allylic oxidation sites excluding steroid dienone is 6. The first-order valence-electron chi connectivity index (χ1n) is 37.7. The predicted octanol–water partition coefficient (Wildman–Crippen LogP) is 24.7. The number of nitrogens with one attached hydrogen (secondary N) is 1. The summed E-state index contributed by atoms with van der Waals surface area (Å²) in [6, 6.07) is -0.538. The van der Waals surface area contributed by atoms with Crippen LogP contribution in [0.1, 0.15) is 418 Å². The van der Waals surface area contributed by atoms with Crippen molar-refractivity contribution >= 4 is 11.9 Å². The number of carbonyl (C=O) groups is 2. The van der Waals surface area contributed by atoms with E-state index in [1.54, 1.807) is 0 Å². The molecule has 0 saturated heterocycles. The minimum Gasteiger partial charge on any atom is -0.466 e. The highest BCUT2D eigenvalue weighted by atomic mass is 16.5. The number of hydrogen-bond donors (Lipinski definition) is 3. The summed E-state index contributed by atoms with van der Waals surface area (Å²) in [7, 11) is 0. The molecule has 83 heavy (non-hydrogen) atoms. The van der Waals surface area contributed by atoms with Gasteiger partial charge in [-0.3, -0.25) is 9.59 Å². The van der Waals surface area contributed by atoms with Gasteiger partial charge in [0.25, 0.3) is 0 Å². The van der Waals surface area contributed by atoms with Gasteiger partial charge in [0.15, 0.2) is 0 Å². The second-order valence-electron chi connectivity index (χ2n) is 26.0. The Hall–Kier alpha value is -1.92. The molecule has 0 aliphatic rings. The highest BCUT2D eigenvalue weighted by Gasteiger charge is 2.20. The highest BCUT2D eigenvalue weighted by molar-refractivity contribution is 5.76. The maximum atomic E-state index is 12.5. The van der Waals surface area contributed by atoms with Crippen molar-refractivity contribution in [2.24, 2.45) is 0 Å². The SMILES string of the molecule is CCCCC/C=C\C/C=C\CCCCCCCC(=O)OCCCCCCCCCCCCCCCCCC/C=C\CCCCCCCCCCCCCCCCCCCC(=O)NC(CO)C(O)CCCCCCCCCCCCCCCC. The molecule has 0 heterocycles. The molecule has 2 atom stereocenters. The lowest BCUT2D eigenvalue weighted by Crippen LogP contribution is -2.45. The molecule has 3 N–H and O–H groups in total. The van der Waals surface area contributed by atoms with Gasteiger partial charge in [-0.05, 0) is 83.5 Å². The second-order valence-corrected chi connectivity index (χ2v) is 26.0. The number of unbranched alkanes of at least 4 members (excludes halogenated alkanes) is 54. The number of hydrogen-bond acceptors (Lipinski definition) is 5. The molecule has 6 heteroatoms. The van der Waals surface area contributed by atoms with E-state index in [2.05, 4.69) is 55.6 Å². The van der Waals surface area contributed by atoms with Crippen LogP contribution in [0.5, 0.6) is 0 Å². The molecule has 6 nitrogen and oxygen atoms in total. The van der Waals surface area contributed by atoms with Crippen LogP contribution in [0.2, 0.25) is 0 Å². The van der Waals surface area contributed by atoms with Crippen LogP contribution in [0, 0.1) is 0 Å². The lowest BCUT2D eigenvalue weighted by Gasteiger charge is -2.22. The number of aliphatic hydroxyl groups is 2. The Morgan fingerprint density at radius 2 is 0.602 bits per heavy atom. The summed E-state index contributed by atoms with van der Waals surface area (Å²) in [5, 5.41) is 23.3. The molecule has 0 fully saturated rings. The van der Waals surface area contributed by atoms with E-state index in [0.29, 0.717) is 25.9 Å². The van der Waals surface area contributed by atoms with E-state index in [0.717, 1.165) is 51.4 Å². The lowest BCUT2D eigenvalue weighted by molar-refractivity contribution is -0.143. The highest BCUT2D eigenvalue weighted by Crippen LogP contribution is 2.19. The van der Waals surface area contributed by atoms with Gasteiger partial charge in [-0.2, -0.15) is 0 Å². The van der Waals surface area contributed by atoms with Crippen LogP contribution >= 0.6 is 0 Å². The normalized spacial score (nSPS) is 12.7. The van der Waals surface area contributed by atoms with Gasteiger partial charge in [0.2, 0.25) is 5.91 Å². The molecule has 0 saturated carbocycles. The summed E-state index contributed by atoms with van der Waals surface area (Å²) >= 11 is 0. The van der Waals surface area contributed by atoms with Crippen LogP contribution in [-0.4, -0.2) is 47.4 Å². The topological polar surface area (TPSA) is 95.9 Å². The average molecular weight is 1170 g/mol. The summed E-state index contributed by atoms with van der Waals surface area (Å²) in [4.78, 5) is 24.6. The van der Waals surface area contributed by atoms with Crippen LogP contribution in [-0.2, 0) is 14.3 Å². The Labute approximate surface area is 519 Å². The van der Waals surface area contributed by atoms with Gasteiger partial charge in [0, 0.05) is 12.8 Å². The molecular weight excluding hydrogens is 1020 g/mol. The van der Waals surface area contributed by atoms with Gasteiger partial charge in [-0.15, -0.1) is 0 Å². The molecule has 0 aliphatic carbocycles. The summed E-state index contributed by atoms with van der Waals surface area (Å²) in [5.74, 6) is -0.0206. The Balaban J connectivity index is 3.32. The number of esters is 1. The summed E-state index contributed by atoms with van der Waals surface area (Å²) in [6.45, 7) is 4.95. The average Bonchev–Trinajstić information content (AvgIpc) is 3.49. The molecule has 490 valence electrons. The van der Waals surface area contributed by atoms with Crippen molar-refractivity contribution in [3.63, 3.8) is 0 Å². The minimum atomic E-state index is -0.661. The van der Waals surface area contributed by atoms with Crippen molar-refractivity contribution in [3.05, 3.63) is 36.5 Å². The third-order valence-corrected chi connectivity index (χ3v) is 17.7. The van der Waals surface area contributed by atoms with Crippen molar-refractivity contribution in [1.82, 2.24) is 5.32 Å². The zero-order valence-electron chi connectivity index (χ0n) is 56.2.